The summed E-state index contributed by atoms with van der Waals surface area (Å²) >= 11 is 0. The van der Waals surface area contributed by atoms with Crippen LogP contribution in [0.3, 0.4) is 0 Å². The number of nitrogens with two attached hydrogens (primary N) is 1. The first-order valence-corrected chi connectivity index (χ1v) is 5.57. The summed E-state index contributed by atoms with van der Waals surface area (Å²) < 4.78 is 5.18. The van der Waals surface area contributed by atoms with Gasteiger partial charge in [0.2, 0.25) is 5.89 Å². The van der Waals surface area contributed by atoms with Crippen LogP contribution >= 0.6 is 0 Å². The highest BCUT2D eigenvalue weighted by atomic mass is 16.5. The third-order valence-corrected chi connectivity index (χ3v) is 2.67. The lowest BCUT2D eigenvalue weighted by Crippen LogP contribution is -2.18. The van der Waals surface area contributed by atoms with Crippen LogP contribution in [0.15, 0.2) is 34.9 Å². The molecule has 0 aliphatic rings. The van der Waals surface area contributed by atoms with Gasteiger partial charge >= 0.3 is 0 Å². The number of aromatic nitrogens is 2. The molecule has 2 rings (SSSR count). The summed E-state index contributed by atoms with van der Waals surface area (Å²) in [6.45, 7) is 2.84. The normalized spacial score (nSPS) is 12.4. The van der Waals surface area contributed by atoms with Crippen LogP contribution in [0.4, 0.5) is 5.95 Å². The van der Waals surface area contributed by atoms with Crippen molar-refractivity contribution in [2.75, 3.05) is 18.5 Å². The summed E-state index contributed by atoms with van der Waals surface area (Å²) in [6, 6.07) is 9.33. The molecule has 0 fully saturated rings. The molecule has 0 bridgehead atoms. The average Bonchev–Trinajstić information content (AvgIpc) is 2.87. The quantitative estimate of drug-likeness (QED) is 0.866. The van der Waals surface area contributed by atoms with Crippen molar-refractivity contribution in [1.82, 2.24) is 10.1 Å². The Labute approximate surface area is 100 Å². The molecule has 0 unspecified atom stereocenters. The predicted octanol–water partition coefficient (Wildman–Crippen LogP) is 1.57. The predicted molar refractivity (Wildman–Crippen MR) is 65.7 cm³/mol. The lowest BCUT2D eigenvalue weighted by molar-refractivity contribution is 0.366. The lowest BCUT2D eigenvalue weighted by atomic mass is 10.1. The van der Waals surface area contributed by atoms with Crippen molar-refractivity contribution < 1.29 is 4.52 Å². The third kappa shape index (κ3) is 2.45. The third-order valence-electron chi connectivity index (χ3n) is 2.67. The van der Waals surface area contributed by atoms with Crippen molar-refractivity contribution in [3.8, 4) is 0 Å². The Morgan fingerprint density at radius 1 is 1.35 bits per heavy atom. The Hall–Kier alpha value is -1.88. The molecule has 5 nitrogen and oxygen atoms in total. The van der Waals surface area contributed by atoms with Crippen LogP contribution in [-0.2, 0) is 0 Å². The van der Waals surface area contributed by atoms with Gasteiger partial charge in [-0.2, -0.15) is 4.98 Å². The van der Waals surface area contributed by atoms with Gasteiger partial charge in [0.05, 0.1) is 0 Å². The van der Waals surface area contributed by atoms with Gasteiger partial charge in [-0.3, -0.25) is 0 Å². The molecule has 0 spiro atoms. The molecule has 17 heavy (non-hydrogen) atoms. The second-order valence-corrected chi connectivity index (χ2v) is 3.84. The summed E-state index contributed by atoms with van der Waals surface area (Å²) in [5.74, 6) is 1.00. The standard InChI is InChI=1S/C12H16N4O/c1-3-16(2)12-14-11(17-15-12)10(13)9-7-5-4-6-8-9/h4-8,10H,3,13H2,1-2H3/t10-/m1/s1. The molecule has 1 aromatic carbocycles. The van der Waals surface area contributed by atoms with E-state index in [1.807, 2.05) is 49.2 Å². The van der Waals surface area contributed by atoms with Gasteiger partial charge in [-0.25, -0.2) is 0 Å². The summed E-state index contributed by atoms with van der Waals surface area (Å²) in [6.07, 6.45) is 0. The van der Waals surface area contributed by atoms with Crippen LogP contribution in [0, 0.1) is 0 Å². The van der Waals surface area contributed by atoms with Gasteiger partial charge in [0.15, 0.2) is 0 Å². The highest BCUT2D eigenvalue weighted by Crippen LogP contribution is 2.19. The fraction of sp³-hybridized carbons (Fsp3) is 0.333. The van der Waals surface area contributed by atoms with Crippen LogP contribution in [0.2, 0.25) is 0 Å². The van der Waals surface area contributed by atoms with Crippen LogP contribution < -0.4 is 10.6 Å². The molecule has 1 aromatic heterocycles. The van der Waals surface area contributed by atoms with Gasteiger partial charge in [-0.05, 0) is 17.6 Å². The van der Waals surface area contributed by atoms with Gasteiger partial charge in [0, 0.05) is 13.6 Å². The minimum absolute atomic E-state index is 0.372. The molecule has 2 N–H and O–H groups in total. The topological polar surface area (TPSA) is 68.2 Å². The zero-order valence-electron chi connectivity index (χ0n) is 10.00. The minimum atomic E-state index is -0.372. The fourth-order valence-electron chi connectivity index (χ4n) is 1.45. The lowest BCUT2D eigenvalue weighted by Gasteiger charge is -2.09. The molecule has 2 aromatic rings. The van der Waals surface area contributed by atoms with Crippen molar-refractivity contribution >= 4 is 5.95 Å². The number of hydrogen-bond donors (Lipinski definition) is 1. The van der Waals surface area contributed by atoms with Gasteiger partial charge in [-0.1, -0.05) is 30.3 Å². The van der Waals surface area contributed by atoms with Gasteiger partial charge in [0.25, 0.3) is 5.95 Å². The Morgan fingerprint density at radius 3 is 2.71 bits per heavy atom. The molecule has 1 atom stereocenters. The van der Waals surface area contributed by atoms with Crippen LogP contribution in [-0.4, -0.2) is 23.7 Å². The number of nitrogens with zero attached hydrogens (tertiary/aromatic N) is 3. The summed E-state index contributed by atoms with van der Waals surface area (Å²) in [7, 11) is 1.91. The highest BCUT2D eigenvalue weighted by molar-refractivity contribution is 5.29. The van der Waals surface area contributed by atoms with E-state index in [-0.39, 0.29) is 6.04 Å². The zero-order valence-corrected chi connectivity index (χ0v) is 10.00. The van der Waals surface area contributed by atoms with Crippen molar-refractivity contribution in [2.24, 2.45) is 5.73 Å². The molecule has 0 radical (unpaired) electrons. The fourth-order valence-corrected chi connectivity index (χ4v) is 1.45. The number of anilines is 1. The Bertz CT molecular complexity index is 468. The number of rotatable bonds is 4. The maximum absolute atomic E-state index is 6.06. The first-order chi connectivity index (χ1) is 8.22. The van der Waals surface area contributed by atoms with E-state index in [2.05, 4.69) is 10.1 Å². The summed E-state index contributed by atoms with van der Waals surface area (Å²) in [5, 5.41) is 3.89. The van der Waals surface area contributed by atoms with E-state index < -0.39 is 0 Å². The van der Waals surface area contributed by atoms with Gasteiger partial charge in [-0.15, -0.1) is 0 Å². The molecule has 90 valence electrons. The molecule has 0 saturated heterocycles. The molecule has 5 heteroatoms. The highest BCUT2D eigenvalue weighted by Gasteiger charge is 2.17. The first kappa shape index (κ1) is 11.6. The maximum atomic E-state index is 6.06. The summed E-state index contributed by atoms with van der Waals surface area (Å²) in [4.78, 5) is 6.17. The smallest absolute Gasteiger partial charge is 0.265 e. The molecular formula is C12H16N4O. The van der Waals surface area contributed by atoms with E-state index in [1.54, 1.807) is 0 Å². The molecule has 1 heterocycles. The van der Waals surface area contributed by atoms with E-state index in [4.69, 9.17) is 10.3 Å². The SMILES string of the molecule is CCN(C)c1noc([C@H](N)c2ccccc2)n1. The second kappa shape index (κ2) is 4.97. The van der Waals surface area contributed by atoms with Crippen LogP contribution in [0.1, 0.15) is 24.4 Å². The molecule has 0 aliphatic heterocycles. The largest absolute Gasteiger partial charge is 0.342 e. The van der Waals surface area contributed by atoms with E-state index >= 15 is 0 Å². The van der Waals surface area contributed by atoms with Crippen molar-refractivity contribution in [1.29, 1.82) is 0 Å². The summed E-state index contributed by atoms with van der Waals surface area (Å²) in [5.41, 5.74) is 7.02. The molecule has 0 amide bonds. The minimum Gasteiger partial charge on any atom is -0.342 e. The second-order valence-electron chi connectivity index (χ2n) is 3.84. The molecule has 0 saturated carbocycles. The average molecular weight is 232 g/mol. The van der Waals surface area contributed by atoms with Gasteiger partial charge < -0.3 is 15.2 Å². The first-order valence-electron chi connectivity index (χ1n) is 5.57. The van der Waals surface area contributed by atoms with Crippen molar-refractivity contribution in [2.45, 2.75) is 13.0 Å². The van der Waals surface area contributed by atoms with E-state index in [9.17, 15) is 0 Å². The Kier molecular flexibility index (Phi) is 3.39. The van der Waals surface area contributed by atoms with E-state index in [1.165, 1.54) is 0 Å². The monoisotopic (exact) mass is 232 g/mol. The Morgan fingerprint density at radius 2 is 2.06 bits per heavy atom. The number of benzene rings is 1. The van der Waals surface area contributed by atoms with Gasteiger partial charge in [0.1, 0.15) is 6.04 Å². The van der Waals surface area contributed by atoms with Crippen molar-refractivity contribution in [3.63, 3.8) is 0 Å². The van der Waals surface area contributed by atoms with Crippen LogP contribution in [0.25, 0.3) is 0 Å². The zero-order chi connectivity index (χ0) is 12.3. The van der Waals surface area contributed by atoms with E-state index in [0.717, 1.165) is 12.1 Å². The molecule has 0 aliphatic carbocycles. The van der Waals surface area contributed by atoms with Crippen LogP contribution in [0.5, 0.6) is 0 Å². The van der Waals surface area contributed by atoms with Crippen molar-refractivity contribution in [3.05, 3.63) is 41.8 Å². The number of hydrogen-bond acceptors (Lipinski definition) is 5. The molecular weight excluding hydrogens is 216 g/mol. The maximum Gasteiger partial charge on any atom is 0.265 e. The Balaban J connectivity index is 2.20. The van der Waals surface area contributed by atoms with E-state index in [0.29, 0.717) is 11.8 Å².